The second-order valence-corrected chi connectivity index (χ2v) is 5.21. The van der Waals surface area contributed by atoms with Gasteiger partial charge in [-0.3, -0.25) is 4.79 Å². The van der Waals surface area contributed by atoms with E-state index in [9.17, 15) is 4.79 Å². The first kappa shape index (κ1) is 14.3. The Hall–Kier alpha value is -2.69. The van der Waals surface area contributed by atoms with E-state index in [2.05, 4.69) is 5.32 Å². The van der Waals surface area contributed by atoms with Crippen LogP contribution in [0.4, 0.5) is 5.69 Å². The lowest BCUT2D eigenvalue weighted by atomic mass is 10.1. The van der Waals surface area contributed by atoms with Gasteiger partial charge in [-0.15, -0.1) is 0 Å². The minimum absolute atomic E-state index is 0.0227. The molecule has 0 aromatic heterocycles. The fourth-order valence-electron chi connectivity index (χ4n) is 2.28. The van der Waals surface area contributed by atoms with E-state index in [0.29, 0.717) is 19.4 Å². The zero-order chi connectivity index (χ0) is 15.4. The topological polar surface area (TPSA) is 73.6 Å². The number of carbonyl (C=O) groups is 1. The summed E-state index contributed by atoms with van der Waals surface area (Å²) >= 11 is 0. The smallest absolute Gasteiger partial charge is 0.231 e. The SMILES string of the molecule is Nc1ccc(CCC(=O)NCc2ccc3c(c2)OCO3)cc1. The molecule has 0 bridgehead atoms. The molecule has 1 amide bonds. The van der Waals surface area contributed by atoms with Gasteiger partial charge in [0, 0.05) is 18.7 Å². The van der Waals surface area contributed by atoms with Crippen LogP contribution in [0.2, 0.25) is 0 Å². The first-order valence-corrected chi connectivity index (χ1v) is 7.20. The van der Waals surface area contributed by atoms with E-state index in [1.54, 1.807) is 0 Å². The van der Waals surface area contributed by atoms with Crippen LogP contribution in [0, 0.1) is 0 Å². The van der Waals surface area contributed by atoms with Gasteiger partial charge in [-0.1, -0.05) is 18.2 Å². The summed E-state index contributed by atoms with van der Waals surface area (Å²) in [5.41, 5.74) is 8.46. The van der Waals surface area contributed by atoms with E-state index in [4.69, 9.17) is 15.2 Å². The maximum Gasteiger partial charge on any atom is 0.231 e. The molecule has 2 aromatic rings. The third kappa shape index (κ3) is 3.49. The molecule has 5 nitrogen and oxygen atoms in total. The van der Waals surface area contributed by atoms with Crippen molar-refractivity contribution in [2.75, 3.05) is 12.5 Å². The molecule has 1 aliphatic heterocycles. The number of nitrogen functional groups attached to an aromatic ring is 1. The fraction of sp³-hybridized carbons (Fsp3) is 0.235. The Kier molecular flexibility index (Phi) is 4.14. The molecule has 0 saturated carbocycles. The Morgan fingerprint density at radius 3 is 2.59 bits per heavy atom. The van der Waals surface area contributed by atoms with Crippen LogP contribution in [0.25, 0.3) is 0 Å². The highest BCUT2D eigenvalue weighted by atomic mass is 16.7. The standard InChI is InChI=1S/C17H18N2O3/c18-14-5-1-12(2-6-14)4-8-17(20)19-10-13-3-7-15-16(9-13)22-11-21-15/h1-3,5-7,9H,4,8,10-11,18H2,(H,19,20). The van der Waals surface area contributed by atoms with Crippen molar-refractivity contribution >= 4 is 11.6 Å². The predicted molar refractivity (Wildman–Crippen MR) is 83.6 cm³/mol. The van der Waals surface area contributed by atoms with Crippen molar-refractivity contribution in [3.63, 3.8) is 0 Å². The maximum absolute atomic E-state index is 11.9. The minimum Gasteiger partial charge on any atom is -0.454 e. The number of nitrogens with two attached hydrogens (primary N) is 1. The van der Waals surface area contributed by atoms with Crippen LogP contribution in [0.5, 0.6) is 11.5 Å². The average Bonchev–Trinajstić information content (AvgIpc) is 3.00. The van der Waals surface area contributed by atoms with Crippen LogP contribution in [-0.2, 0) is 17.8 Å². The quantitative estimate of drug-likeness (QED) is 0.830. The van der Waals surface area contributed by atoms with Crippen LogP contribution >= 0.6 is 0 Å². The molecule has 1 heterocycles. The third-order valence-electron chi connectivity index (χ3n) is 3.55. The molecule has 3 rings (SSSR count). The summed E-state index contributed by atoms with van der Waals surface area (Å²) in [5.74, 6) is 1.50. The van der Waals surface area contributed by atoms with Gasteiger partial charge >= 0.3 is 0 Å². The number of hydrogen-bond acceptors (Lipinski definition) is 4. The minimum atomic E-state index is 0.0227. The number of carbonyl (C=O) groups excluding carboxylic acids is 1. The molecule has 2 aromatic carbocycles. The third-order valence-corrected chi connectivity index (χ3v) is 3.55. The van der Waals surface area contributed by atoms with Crippen LogP contribution in [0.3, 0.4) is 0 Å². The summed E-state index contributed by atoms with van der Waals surface area (Å²) in [5, 5.41) is 2.91. The number of rotatable bonds is 5. The number of anilines is 1. The molecular weight excluding hydrogens is 280 g/mol. The lowest BCUT2D eigenvalue weighted by Gasteiger charge is -2.06. The van der Waals surface area contributed by atoms with E-state index >= 15 is 0 Å². The number of ether oxygens (including phenoxy) is 2. The number of amides is 1. The van der Waals surface area contributed by atoms with E-state index in [1.165, 1.54) is 0 Å². The summed E-state index contributed by atoms with van der Waals surface area (Å²) < 4.78 is 10.6. The molecule has 3 N–H and O–H groups in total. The lowest BCUT2D eigenvalue weighted by molar-refractivity contribution is -0.121. The first-order chi connectivity index (χ1) is 10.7. The fourth-order valence-corrected chi connectivity index (χ4v) is 2.28. The molecule has 0 aliphatic carbocycles. The van der Waals surface area contributed by atoms with Gasteiger partial charge in [0.05, 0.1) is 0 Å². The molecule has 0 spiro atoms. The summed E-state index contributed by atoms with van der Waals surface area (Å²) in [6.45, 7) is 0.740. The van der Waals surface area contributed by atoms with Gasteiger partial charge in [0.25, 0.3) is 0 Å². The summed E-state index contributed by atoms with van der Waals surface area (Å²) in [6, 6.07) is 13.3. The second kappa shape index (κ2) is 6.39. The van der Waals surface area contributed by atoms with Crippen molar-refractivity contribution in [3.8, 4) is 11.5 Å². The van der Waals surface area contributed by atoms with Crippen LogP contribution < -0.4 is 20.5 Å². The van der Waals surface area contributed by atoms with Gasteiger partial charge in [0.15, 0.2) is 11.5 Å². The molecular formula is C17H18N2O3. The van der Waals surface area contributed by atoms with Gasteiger partial charge in [-0.05, 0) is 41.8 Å². The summed E-state index contributed by atoms with van der Waals surface area (Å²) in [4.78, 5) is 11.9. The molecule has 0 radical (unpaired) electrons. The van der Waals surface area contributed by atoms with Crippen LogP contribution in [-0.4, -0.2) is 12.7 Å². The number of nitrogens with one attached hydrogen (secondary N) is 1. The normalized spacial score (nSPS) is 12.2. The highest BCUT2D eigenvalue weighted by Crippen LogP contribution is 2.32. The van der Waals surface area contributed by atoms with Crippen molar-refractivity contribution in [1.82, 2.24) is 5.32 Å². The van der Waals surface area contributed by atoms with Crippen LogP contribution in [0.1, 0.15) is 17.5 Å². The first-order valence-electron chi connectivity index (χ1n) is 7.20. The van der Waals surface area contributed by atoms with Gasteiger partial charge in [-0.2, -0.15) is 0 Å². The van der Waals surface area contributed by atoms with Crippen molar-refractivity contribution < 1.29 is 14.3 Å². The Morgan fingerprint density at radius 1 is 1.05 bits per heavy atom. The Labute approximate surface area is 129 Å². The zero-order valence-corrected chi connectivity index (χ0v) is 12.2. The number of fused-ring (bicyclic) bond motifs is 1. The van der Waals surface area contributed by atoms with Crippen LogP contribution in [0.15, 0.2) is 42.5 Å². The number of aryl methyl sites for hydroxylation is 1. The van der Waals surface area contributed by atoms with Crippen molar-refractivity contribution in [2.45, 2.75) is 19.4 Å². The van der Waals surface area contributed by atoms with E-state index in [0.717, 1.165) is 28.3 Å². The Balaban J connectivity index is 1.47. The van der Waals surface area contributed by atoms with Crippen molar-refractivity contribution in [2.24, 2.45) is 0 Å². The summed E-state index contributed by atoms with van der Waals surface area (Å²) in [7, 11) is 0. The molecule has 1 aliphatic rings. The lowest BCUT2D eigenvalue weighted by Crippen LogP contribution is -2.22. The highest BCUT2D eigenvalue weighted by molar-refractivity contribution is 5.76. The number of hydrogen-bond donors (Lipinski definition) is 2. The second-order valence-electron chi connectivity index (χ2n) is 5.21. The van der Waals surface area contributed by atoms with Gasteiger partial charge < -0.3 is 20.5 Å². The maximum atomic E-state index is 11.9. The van der Waals surface area contributed by atoms with E-state index in [1.807, 2.05) is 42.5 Å². The van der Waals surface area contributed by atoms with Crippen molar-refractivity contribution in [3.05, 3.63) is 53.6 Å². The zero-order valence-electron chi connectivity index (χ0n) is 12.2. The van der Waals surface area contributed by atoms with Gasteiger partial charge in [0.1, 0.15) is 0 Å². The molecule has 0 fully saturated rings. The largest absolute Gasteiger partial charge is 0.454 e. The molecule has 22 heavy (non-hydrogen) atoms. The Morgan fingerprint density at radius 2 is 1.77 bits per heavy atom. The number of benzene rings is 2. The molecule has 0 unspecified atom stereocenters. The summed E-state index contributed by atoms with van der Waals surface area (Å²) in [6.07, 6.45) is 1.15. The van der Waals surface area contributed by atoms with Gasteiger partial charge in [-0.25, -0.2) is 0 Å². The molecule has 114 valence electrons. The van der Waals surface area contributed by atoms with Crippen molar-refractivity contribution in [1.29, 1.82) is 0 Å². The van der Waals surface area contributed by atoms with E-state index < -0.39 is 0 Å². The monoisotopic (exact) mass is 298 g/mol. The van der Waals surface area contributed by atoms with Gasteiger partial charge in [0.2, 0.25) is 12.7 Å². The Bertz CT molecular complexity index is 668. The molecule has 0 saturated heterocycles. The van der Waals surface area contributed by atoms with E-state index in [-0.39, 0.29) is 12.7 Å². The molecule has 0 atom stereocenters. The average molecular weight is 298 g/mol. The molecule has 5 heteroatoms. The highest BCUT2D eigenvalue weighted by Gasteiger charge is 2.13. The predicted octanol–water partition coefficient (Wildman–Crippen LogP) is 2.25.